The van der Waals surface area contributed by atoms with Crippen LogP contribution in [0.25, 0.3) is 0 Å². The van der Waals surface area contributed by atoms with Crippen molar-refractivity contribution in [2.24, 2.45) is 5.41 Å². The number of rotatable bonds is 9. The van der Waals surface area contributed by atoms with Gasteiger partial charge in [-0.15, -0.1) is 0 Å². The molecule has 0 aliphatic rings. The molecule has 1 N–H and O–H groups in total. The quantitative estimate of drug-likeness (QED) is 0.617. The van der Waals surface area contributed by atoms with Gasteiger partial charge in [0.1, 0.15) is 6.54 Å². The zero-order valence-corrected chi connectivity index (χ0v) is 17.8. The molecule has 0 spiro atoms. The van der Waals surface area contributed by atoms with E-state index in [0.717, 1.165) is 0 Å². The first kappa shape index (κ1) is 23.8. The molecule has 1 aromatic carbocycles. The van der Waals surface area contributed by atoms with E-state index in [0.29, 0.717) is 13.1 Å². The van der Waals surface area contributed by atoms with E-state index in [1.165, 1.54) is 28.6 Å². The largest absolute Gasteiger partial charge is 0.456 e. The summed E-state index contributed by atoms with van der Waals surface area (Å²) in [6.45, 7) is 8.60. The lowest BCUT2D eigenvalue weighted by molar-refractivity contribution is -0.149. The number of nitrogens with zero attached hydrogens (tertiary/aromatic N) is 1. The summed E-state index contributed by atoms with van der Waals surface area (Å²) in [6, 6.07) is 5.45. The summed E-state index contributed by atoms with van der Waals surface area (Å²) in [7, 11) is -3.60. The molecular formula is C19H28N2O6S. The predicted molar refractivity (Wildman–Crippen MR) is 104 cm³/mol. The molecule has 0 saturated heterocycles. The Morgan fingerprint density at radius 2 is 1.57 bits per heavy atom. The summed E-state index contributed by atoms with van der Waals surface area (Å²) in [5, 5.41) is 2.38. The number of esters is 1. The maximum Gasteiger partial charge on any atom is 0.325 e. The van der Waals surface area contributed by atoms with Gasteiger partial charge in [-0.05, 0) is 24.3 Å². The van der Waals surface area contributed by atoms with Crippen molar-refractivity contribution in [2.75, 3.05) is 26.2 Å². The lowest BCUT2D eigenvalue weighted by Gasteiger charge is -2.18. The number of hydrogen-bond donors (Lipinski definition) is 1. The topological polar surface area (TPSA) is 110 Å². The third-order valence-corrected chi connectivity index (χ3v) is 6.12. The van der Waals surface area contributed by atoms with Crippen LogP contribution in [-0.2, 0) is 24.3 Å². The SMILES string of the molecule is CCN(CC)S(=O)(=O)c1ccc(C(=O)NCC(=O)OCC(=O)C(C)(C)C)cc1. The molecule has 0 radical (unpaired) electrons. The number of nitrogens with one attached hydrogen (secondary N) is 1. The lowest BCUT2D eigenvalue weighted by Crippen LogP contribution is -2.33. The van der Waals surface area contributed by atoms with Gasteiger partial charge in [0, 0.05) is 24.1 Å². The normalized spacial score (nSPS) is 11.9. The van der Waals surface area contributed by atoms with Crippen LogP contribution < -0.4 is 5.32 Å². The molecule has 0 aromatic heterocycles. The number of amides is 1. The standard InChI is InChI=1S/C19H28N2O6S/c1-6-21(7-2)28(25,26)15-10-8-14(9-11-15)18(24)20-12-17(23)27-13-16(22)19(3,4)5/h8-11H,6-7,12-13H2,1-5H3,(H,20,24). The molecule has 1 rings (SSSR count). The summed E-state index contributed by atoms with van der Waals surface area (Å²) in [4.78, 5) is 35.6. The highest BCUT2D eigenvalue weighted by Crippen LogP contribution is 2.16. The minimum absolute atomic E-state index is 0.0906. The van der Waals surface area contributed by atoms with Crippen molar-refractivity contribution in [1.82, 2.24) is 9.62 Å². The zero-order chi connectivity index (χ0) is 21.5. The van der Waals surface area contributed by atoms with Crippen LogP contribution in [0.5, 0.6) is 0 Å². The Kier molecular flexibility index (Phi) is 8.31. The summed E-state index contributed by atoms with van der Waals surface area (Å²) >= 11 is 0. The highest BCUT2D eigenvalue weighted by atomic mass is 32.2. The van der Waals surface area contributed by atoms with Crippen LogP contribution in [0.4, 0.5) is 0 Å². The third-order valence-electron chi connectivity index (χ3n) is 4.05. The summed E-state index contributed by atoms with van der Waals surface area (Å²) in [5.41, 5.74) is -0.409. The van der Waals surface area contributed by atoms with Gasteiger partial charge in [0.15, 0.2) is 12.4 Å². The smallest absolute Gasteiger partial charge is 0.325 e. The Balaban J connectivity index is 2.64. The molecule has 156 valence electrons. The fourth-order valence-electron chi connectivity index (χ4n) is 2.16. The summed E-state index contributed by atoms with van der Waals surface area (Å²) in [6.07, 6.45) is 0. The number of ketones is 1. The zero-order valence-electron chi connectivity index (χ0n) is 16.9. The van der Waals surface area contributed by atoms with E-state index in [9.17, 15) is 22.8 Å². The second-order valence-electron chi connectivity index (χ2n) is 7.13. The number of hydrogen-bond acceptors (Lipinski definition) is 6. The van der Waals surface area contributed by atoms with Gasteiger partial charge in [-0.1, -0.05) is 34.6 Å². The van der Waals surface area contributed by atoms with E-state index in [2.05, 4.69) is 5.32 Å². The highest BCUT2D eigenvalue weighted by molar-refractivity contribution is 7.89. The number of carbonyl (C=O) groups excluding carboxylic acids is 3. The van der Waals surface area contributed by atoms with Gasteiger partial charge in [-0.25, -0.2) is 8.42 Å². The molecule has 0 unspecified atom stereocenters. The van der Waals surface area contributed by atoms with Crippen molar-refractivity contribution < 1.29 is 27.5 Å². The molecule has 0 fully saturated rings. The van der Waals surface area contributed by atoms with Crippen LogP contribution in [0.3, 0.4) is 0 Å². The van der Waals surface area contributed by atoms with Crippen molar-refractivity contribution >= 4 is 27.7 Å². The van der Waals surface area contributed by atoms with Crippen LogP contribution in [0.2, 0.25) is 0 Å². The number of benzene rings is 1. The van der Waals surface area contributed by atoms with Crippen molar-refractivity contribution in [1.29, 1.82) is 0 Å². The van der Waals surface area contributed by atoms with Crippen molar-refractivity contribution in [3.63, 3.8) is 0 Å². The Bertz CT molecular complexity index is 806. The average Bonchev–Trinajstić information content (AvgIpc) is 2.64. The van der Waals surface area contributed by atoms with Gasteiger partial charge in [0.2, 0.25) is 10.0 Å². The van der Waals surface area contributed by atoms with Gasteiger partial charge < -0.3 is 10.1 Å². The predicted octanol–water partition coefficient (Wildman–Crippen LogP) is 1.61. The maximum absolute atomic E-state index is 12.4. The molecule has 0 saturated carbocycles. The molecule has 0 atom stereocenters. The minimum atomic E-state index is -3.60. The second kappa shape index (κ2) is 9.79. The van der Waals surface area contributed by atoms with Crippen molar-refractivity contribution in [3.8, 4) is 0 Å². The molecule has 1 amide bonds. The number of Topliss-reactive ketones (excluding diaryl/α,β-unsaturated/α-hetero) is 1. The van der Waals surface area contributed by atoms with Crippen LogP contribution in [-0.4, -0.2) is 56.6 Å². The Morgan fingerprint density at radius 3 is 2.04 bits per heavy atom. The van der Waals surface area contributed by atoms with E-state index in [4.69, 9.17) is 4.74 Å². The van der Waals surface area contributed by atoms with Gasteiger partial charge in [-0.3, -0.25) is 14.4 Å². The summed E-state index contributed by atoms with van der Waals surface area (Å²) in [5.74, 6) is -1.50. The first-order chi connectivity index (χ1) is 12.9. The first-order valence-corrected chi connectivity index (χ1v) is 10.4. The fourth-order valence-corrected chi connectivity index (χ4v) is 3.62. The van der Waals surface area contributed by atoms with Crippen molar-refractivity contribution in [3.05, 3.63) is 29.8 Å². The van der Waals surface area contributed by atoms with Gasteiger partial charge >= 0.3 is 5.97 Å². The number of sulfonamides is 1. The molecule has 0 heterocycles. The van der Waals surface area contributed by atoms with Crippen LogP contribution in [0.15, 0.2) is 29.2 Å². The molecule has 0 aliphatic carbocycles. The Hall–Kier alpha value is -2.26. The van der Waals surface area contributed by atoms with Crippen LogP contribution >= 0.6 is 0 Å². The first-order valence-electron chi connectivity index (χ1n) is 9.00. The third kappa shape index (κ3) is 6.42. The second-order valence-corrected chi connectivity index (χ2v) is 9.07. The number of carbonyl (C=O) groups is 3. The summed E-state index contributed by atoms with van der Waals surface area (Å²) < 4.78 is 31.0. The van der Waals surface area contributed by atoms with E-state index < -0.39 is 33.9 Å². The molecule has 0 aliphatic heterocycles. The van der Waals surface area contributed by atoms with E-state index in [-0.39, 0.29) is 22.8 Å². The minimum Gasteiger partial charge on any atom is -0.456 e. The van der Waals surface area contributed by atoms with Crippen LogP contribution in [0.1, 0.15) is 45.0 Å². The fraction of sp³-hybridized carbons (Fsp3) is 0.526. The lowest BCUT2D eigenvalue weighted by atomic mass is 9.91. The van der Waals surface area contributed by atoms with Crippen molar-refractivity contribution in [2.45, 2.75) is 39.5 Å². The van der Waals surface area contributed by atoms with Crippen LogP contribution in [0, 0.1) is 5.41 Å². The monoisotopic (exact) mass is 412 g/mol. The van der Waals surface area contributed by atoms with Gasteiger partial charge in [0.05, 0.1) is 4.90 Å². The van der Waals surface area contributed by atoms with E-state index in [1.54, 1.807) is 34.6 Å². The molecule has 9 heteroatoms. The molecule has 1 aromatic rings. The molecule has 0 bridgehead atoms. The Labute approximate surface area is 166 Å². The van der Waals surface area contributed by atoms with Gasteiger partial charge in [-0.2, -0.15) is 4.31 Å². The Morgan fingerprint density at radius 1 is 1.04 bits per heavy atom. The van der Waals surface area contributed by atoms with E-state index >= 15 is 0 Å². The molecule has 28 heavy (non-hydrogen) atoms. The van der Waals surface area contributed by atoms with E-state index in [1.807, 2.05) is 0 Å². The maximum atomic E-state index is 12.4. The average molecular weight is 413 g/mol. The number of ether oxygens (including phenoxy) is 1. The molecular weight excluding hydrogens is 384 g/mol. The van der Waals surface area contributed by atoms with Gasteiger partial charge in [0.25, 0.3) is 5.91 Å². The highest BCUT2D eigenvalue weighted by Gasteiger charge is 2.23. The molecule has 8 nitrogen and oxygen atoms in total.